The highest BCUT2D eigenvalue weighted by Gasteiger charge is 2.31. The van der Waals surface area contributed by atoms with Crippen molar-refractivity contribution in [2.45, 2.75) is 32.9 Å². The molecule has 8 nitrogen and oxygen atoms in total. The summed E-state index contributed by atoms with van der Waals surface area (Å²) >= 11 is 0. The van der Waals surface area contributed by atoms with Gasteiger partial charge < -0.3 is 14.7 Å². The molecule has 0 amide bonds. The second-order valence-electron chi connectivity index (χ2n) is 8.22. The molecule has 4 rings (SSSR count). The summed E-state index contributed by atoms with van der Waals surface area (Å²) in [6.45, 7) is 8.41. The Bertz CT molecular complexity index is 1130. The van der Waals surface area contributed by atoms with E-state index < -0.39 is 5.97 Å². The number of ether oxygens (including phenoxy) is 1. The Morgan fingerprint density at radius 1 is 1.09 bits per heavy atom. The van der Waals surface area contributed by atoms with Crippen molar-refractivity contribution in [2.75, 3.05) is 31.1 Å². The quantitative estimate of drug-likeness (QED) is 0.594. The molecule has 0 aliphatic carbocycles. The Kier molecular flexibility index (Phi) is 6.14. The molecule has 8 heteroatoms. The minimum Gasteiger partial charge on any atom is -0.478 e. The van der Waals surface area contributed by atoms with E-state index in [1.165, 1.54) is 0 Å². The number of hydrogen-bond donors (Lipinski definition) is 1. The van der Waals surface area contributed by atoms with Gasteiger partial charge in [0.15, 0.2) is 0 Å². The molecule has 2 atom stereocenters. The van der Waals surface area contributed by atoms with Gasteiger partial charge in [0.05, 0.1) is 29.7 Å². The number of carboxylic acids is 1. The van der Waals surface area contributed by atoms with Crippen LogP contribution in [0.15, 0.2) is 48.8 Å². The molecule has 0 radical (unpaired) electrons. The van der Waals surface area contributed by atoms with Crippen LogP contribution in [0.5, 0.6) is 0 Å². The molecule has 1 aliphatic heterocycles. The minimum absolute atomic E-state index is 0.181. The summed E-state index contributed by atoms with van der Waals surface area (Å²) < 4.78 is 7.10. The molecular formula is C24H28N4O4. The number of hydrogen-bond acceptors (Lipinski definition) is 6. The van der Waals surface area contributed by atoms with Crippen molar-refractivity contribution in [3.05, 3.63) is 54.4 Å². The highest BCUT2D eigenvalue weighted by atomic mass is 16.5. The van der Waals surface area contributed by atoms with E-state index in [2.05, 4.69) is 40.8 Å². The topological polar surface area (TPSA) is 87.9 Å². The van der Waals surface area contributed by atoms with Gasteiger partial charge in [-0.15, -0.1) is 0 Å². The number of fused-ring (bicyclic) bond motifs is 1. The molecular weight excluding hydrogens is 408 g/mol. The Morgan fingerprint density at radius 2 is 1.81 bits per heavy atom. The SMILES string of the molecule is CCOC(=O)CN1C(C)CN(c2cccc(-n3cnc4cc(C(=O)O)ccc43)c2)CC1C. The molecule has 1 aromatic heterocycles. The predicted molar refractivity (Wildman–Crippen MR) is 123 cm³/mol. The van der Waals surface area contributed by atoms with E-state index in [4.69, 9.17) is 4.74 Å². The first kappa shape index (κ1) is 21.8. The first-order valence-electron chi connectivity index (χ1n) is 10.8. The van der Waals surface area contributed by atoms with Crippen molar-refractivity contribution in [3.8, 4) is 5.69 Å². The van der Waals surface area contributed by atoms with Crippen LogP contribution in [-0.4, -0.2) is 69.8 Å². The molecule has 1 aliphatic rings. The summed E-state index contributed by atoms with van der Waals surface area (Å²) in [5, 5.41) is 9.22. The van der Waals surface area contributed by atoms with Crippen LogP contribution in [0.4, 0.5) is 5.69 Å². The van der Waals surface area contributed by atoms with E-state index in [1.54, 1.807) is 24.5 Å². The number of nitrogens with zero attached hydrogens (tertiary/aromatic N) is 4. The number of rotatable bonds is 6. The van der Waals surface area contributed by atoms with Gasteiger partial charge in [-0.2, -0.15) is 0 Å². The summed E-state index contributed by atoms with van der Waals surface area (Å²) in [5.74, 6) is -1.14. The van der Waals surface area contributed by atoms with E-state index in [0.29, 0.717) is 18.7 Å². The average molecular weight is 437 g/mol. The Labute approximate surface area is 187 Å². The van der Waals surface area contributed by atoms with Crippen molar-refractivity contribution < 1.29 is 19.4 Å². The second-order valence-corrected chi connectivity index (χ2v) is 8.22. The van der Waals surface area contributed by atoms with Crippen LogP contribution in [0.3, 0.4) is 0 Å². The van der Waals surface area contributed by atoms with E-state index >= 15 is 0 Å². The zero-order valence-corrected chi connectivity index (χ0v) is 18.6. The van der Waals surface area contributed by atoms with Gasteiger partial charge in [-0.05, 0) is 57.2 Å². The van der Waals surface area contributed by atoms with Crippen LogP contribution in [0.1, 0.15) is 31.1 Å². The van der Waals surface area contributed by atoms with Crippen molar-refractivity contribution >= 4 is 28.7 Å². The number of esters is 1. The zero-order chi connectivity index (χ0) is 22.8. The summed E-state index contributed by atoms with van der Waals surface area (Å²) in [6, 6.07) is 13.6. The lowest BCUT2D eigenvalue weighted by atomic mass is 10.1. The molecule has 1 N–H and O–H groups in total. The van der Waals surface area contributed by atoms with Gasteiger partial charge in [-0.25, -0.2) is 9.78 Å². The number of imidazole rings is 1. The maximum Gasteiger partial charge on any atom is 0.335 e. The molecule has 168 valence electrons. The molecule has 2 heterocycles. The molecule has 0 saturated carbocycles. The largest absolute Gasteiger partial charge is 0.478 e. The summed E-state index contributed by atoms with van der Waals surface area (Å²) in [5.41, 5.74) is 3.78. The zero-order valence-electron chi connectivity index (χ0n) is 18.6. The van der Waals surface area contributed by atoms with Crippen LogP contribution >= 0.6 is 0 Å². The molecule has 0 spiro atoms. The maximum atomic E-state index is 12.0. The number of benzene rings is 2. The first-order valence-corrected chi connectivity index (χ1v) is 10.8. The molecule has 2 aromatic carbocycles. The number of aromatic nitrogens is 2. The third-order valence-corrected chi connectivity index (χ3v) is 5.99. The second kappa shape index (κ2) is 9.00. The van der Waals surface area contributed by atoms with E-state index in [-0.39, 0.29) is 23.6 Å². The number of carbonyl (C=O) groups excluding carboxylic acids is 1. The van der Waals surface area contributed by atoms with Gasteiger partial charge in [0.1, 0.15) is 6.33 Å². The molecule has 2 unspecified atom stereocenters. The maximum absolute atomic E-state index is 12.0. The molecule has 32 heavy (non-hydrogen) atoms. The van der Waals surface area contributed by atoms with E-state index in [1.807, 2.05) is 23.6 Å². The van der Waals surface area contributed by atoms with Gasteiger partial charge in [0.25, 0.3) is 0 Å². The third kappa shape index (κ3) is 4.31. The lowest BCUT2D eigenvalue weighted by Gasteiger charge is -2.45. The van der Waals surface area contributed by atoms with Crippen molar-refractivity contribution in [3.63, 3.8) is 0 Å². The van der Waals surface area contributed by atoms with Crippen molar-refractivity contribution in [2.24, 2.45) is 0 Å². The van der Waals surface area contributed by atoms with Crippen LogP contribution in [0.25, 0.3) is 16.7 Å². The Hall–Kier alpha value is -3.39. The van der Waals surface area contributed by atoms with Crippen LogP contribution in [0.2, 0.25) is 0 Å². The van der Waals surface area contributed by atoms with Crippen LogP contribution in [0, 0.1) is 0 Å². The fourth-order valence-electron chi connectivity index (χ4n) is 4.43. The molecule has 3 aromatic rings. The smallest absolute Gasteiger partial charge is 0.335 e. The molecule has 1 fully saturated rings. The van der Waals surface area contributed by atoms with Crippen LogP contribution < -0.4 is 4.90 Å². The number of piperazine rings is 1. The number of anilines is 1. The average Bonchev–Trinajstić information content (AvgIpc) is 3.19. The van der Waals surface area contributed by atoms with Crippen molar-refractivity contribution in [1.29, 1.82) is 0 Å². The number of aromatic carboxylic acids is 1. The number of carbonyl (C=O) groups is 2. The summed E-state index contributed by atoms with van der Waals surface area (Å²) in [6.07, 6.45) is 1.72. The first-order chi connectivity index (χ1) is 15.4. The Morgan fingerprint density at radius 3 is 2.50 bits per heavy atom. The summed E-state index contributed by atoms with van der Waals surface area (Å²) in [7, 11) is 0. The molecule has 0 bridgehead atoms. The van der Waals surface area contributed by atoms with E-state index in [0.717, 1.165) is 30.0 Å². The highest BCUT2D eigenvalue weighted by molar-refractivity contribution is 5.92. The van der Waals surface area contributed by atoms with Gasteiger partial charge in [0.2, 0.25) is 0 Å². The van der Waals surface area contributed by atoms with Crippen molar-refractivity contribution in [1.82, 2.24) is 14.5 Å². The van der Waals surface area contributed by atoms with Gasteiger partial charge in [0, 0.05) is 36.5 Å². The van der Waals surface area contributed by atoms with Gasteiger partial charge in [-0.1, -0.05) is 6.07 Å². The van der Waals surface area contributed by atoms with Gasteiger partial charge in [-0.3, -0.25) is 14.3 Å². The highest BCUT2D eigenvalue weighted by Crippen LogP contribution is 2.26. The lowest BCUT2D eigenvalue weighted by molar-refractivity contribution is -0.145. The number of carboxylic acid groups (broad SMARTS) is 1. The van der Waals surface area contributed by atoms with Gasteiger partial charge >= 0.3 is 11.9 Å². The normalized spacial score (nSPS) is 19.3. The fraction of sp³-hybridized carbons (Fsp3) is 0.375. The third-order valence-electron chi connectivity index (χ3n) is 5.99. The minimum atomic E-state index is -0.964. The summed E-state index contributed by atoms with van der Waals surface area (Å²) in [4.78, 5) is 32.1. The van der Waals surface area contributed by atoms with Crippen LogP contribution in [-0.2, 0) is 9.53 Å². The van der Waals surface area contributed by atoms with E-state index in [9.17, 15) is 14.7 Å². The standard InChI is InChI=1S/C24H28N4O4/c1-4-32-23(29)14-27-16(2)12-26(13-17(27)3)19-6-5-7-20(11-19)28-15-25-21-10-18(24(30)31)8-9-22(21)28/h5-11,15-17H,4,12-14H2,1-3H3,(H,30,31). The monoisotopic (exact) mass is 436 g/mol. The predicted octanol–water partition coefficient (Wildman–Crippen LogP) is 3.19. The molecule has 1 saturated heterocycles. The Balaban J connectivity index is 1.56. The fourth-order valence-corrected chi connectivity index (χ4v) is 4.43. The lowest BCUT2D eigenvalue weighted by Crippen LogP contribution is -2.58.